The summed E-state index contributed by atoms with van der Waals surface area (Å²) in [4.78, 5) is 10.9. The van der Waals surface area contributed by atoms with E-state index < -0.39 is 10.0 Å². The lowest BCUT2D eigenvalue weighted by Gasteiger charge is -2.28. The van der Waals surface area contributed by atoms with Crippen LogP contribution in [0.25, 0.3) is 0 Å². The molecule has 1 aromatic heterocycles. The van der Waals surface area contributed by atoms with Crippen molar-refractivity contribution in [3.63, 3.8) is 0 Å². The third-order valence-electron chi connectivity index (χ3n) is 3.84. The number of nitrogens with zero attached hydrogens (tertiary/aromatic N) is 3. The fraction of sp³-hybridized carbons (Fsp3) is 0.375. The molecule has 1 saturated heterocycles. The Morgan fingerprint density at radius 1 is 1.15 bits per heavy atom. The van der Waals surface area contributed by atoms with E-state index in [-0.39, 0.29) is 16.5 Å². The number of aryl methyl sites for hydroxylation is 1. The highest BCUT2D eigenvalue weighted by molar-refractivity contribution is 7.89. The van der Waals surface area contributed by atoms with Crippen molar-refractivity contribution in [3.05, 3.63) is 45.8 Å². The largest absolute Gasteiger partial charge is 0.378 e. The van der Waals surface area contributed by atoms with Crippen LogP contribution in [-0.2, 0) is 21.3 Å². The van der Waals surface area contributed by atoms with Crippen LogP contribution >= 0.6 is 23.2 Å². The van der Waals surface area contributed by atoms with Crippen molar-refractivity contribution in [3.8, 4) is 0 Å². The average Bonchev–Trinajstić information content (AvgIpc) is 2.62. The van der Waals surface area contributed by atoms with Crippen LogP contribution in [0.5, 0.6) is 0 Å². The van der Waals surface area contributed by atoms with Crippen LogP contribution in [0.2, 0.25) is 10.0 Å². The molecule has 0 spiro atoms. The Bertz CT molecular complexity index is 902. The third kappa shape index (κ3) is 4.63. The minimum Gasteiger partial charge on any atom is -0.378 e. The molecule has 10 heteroatoms. The van der Waals surface area contributed by atoms with Gasteiger partial charge in [0.15, 0.2) is 0 Å². The molecule has 0 amide bonds. The van der Waals surface area contributed by atoms with E-state index in [0.717, 1.165) is 24.6 Å². The zero-order chi connectivity index (χ0) is 18.7. The van der Waals surface area contributed by atoms with Gasteiger partial charge in [0.2, 0.25) is 10.0 Å². The Balaban J connectivity index is 1.76. The number of hydrogen-bond acceptors (Lipinski definition) is 6. The zero-order valence-corrected chi connectivity index (χ0v) is 16.4. The molecule has 0 saturated carbocycles. The molecule has 3 rings (SSSR count). The molecule has 140 valence electrons. The molecule has 2 heterocycles. The first-order valence-electron chi connectivity index (χ1n) is 7.97. The Morgan fingerprint density at radius 3 is 2.58 bits per heavy atom. The topological polar surface area (TPSA) is 84.4 Å². The van der Waals surface area contributed by atoms with Gasteiger partial charge in [0, 0.05) is 24.8 Å². The van der Waals surface area contributed by atoms with E-state index in [1.165, 1.54) is 18.2 Å². The minimum atomic E-state index is -3.75. The number of aromatic nitrogens is 2. The summed E-state index contributed by atoms with van der Waals surface area (Å²) >= 11 is 11.7. The molecule has 1 N–H and O–H groups in total. The number of anilines is 1. The molecule has 1 fully saturated rings. The highest BCUT2D eigenvalue weighted by atomic mass is 35.5. The number of ether oxygens (including phenoxy) is 1. The van der Waals surface area contributed by atoms with Crippen LogP contribution in [0.15, 0.2) is 29.2 Å². The number of nitrogens with one attached hydrogen (secondary N) is 1. The maximum absolute atomic E-state index is 12.4. The van der Waals surface area contributed by atoms with Crippen molar-refractivity contribution >= 4 is 39.0 Å². The van der Waals surface area contributed by atoms with E-state index in [1.54, 1.807) is 0 Å². The summed E-state index contributed by atoms with van der Waals surface area (Å²) in [5.41, 5.74) is 0.769. The number of benzene rings is 1. The van der Waals surface area contributed by atoms with E-state index in [9.17, 15) is 8.42 Å². The maximum atomic E-state index is 12.4. The molecular weight excluding hydrogens is 399 g/mol. The molecule has 0 atom stereocenters. The van der Waals surface area contributed by atoms with E-state index in [0.29, 0.717) is 24.1 Å². The van der Waals surface area contributed by atoms with Crippen molar-refractivity contribution in [2.75, 3.05) is 31.2 Å². The van der Waals surface area contributed by atoms with E-state index in [2.05, 4.69) is 19.6 Å². The second-order valence-electron chi connectivity index (χ2n) is 5.78. The van der Waals surface area contributed by atoms with Crippen molar-refractivity contribution < 1.29 is 13.2 Å². The molecule has 0 bridgehead atoms. The number of rotatable bonds is 5. The van der Waals surface area contributed by atoms with Crippen LogP contribution in [0, 0.1) is 6.92 Å². The fourth-order valence-corrected chi connectivity index (χ4v) is 3.90. The highest BCUT2D eigenvalue weighted by Gasteiger charge is 2.18. The van der Waals surface area contributed by atoms with Crippen LogP contribution in [0.4, 0.5) is 5.82 Å². The van der Waals surface area contributed by atoms with Gasteiger partial charge in [0.1, 0.15) is 11.6 Å². The molecule has 0 aliphatic carbocycles. The van der Waals surface area contributed by atoms with Gasteiger partial charge in [0.05, 0.1) is 34.7 Å². The number of sulfonamides is 1. The Morgan fingerprint density at radius 2 is 1.88 bits per heavy atom. The predicted molar refractivity (Wildman–Crippen MR) is 100 cm³/mol. The van der Waals surface area contributed by atoms with Crippen molar-refractivity contribution in [1.29, 1.82) is 0 Å². The molecule has 1 aromatic carbocycles. The van der Waals surface area contributed by atoms with Gasteiger partial charge in [-0.2, -0.15) is 0 Å². The molecule has 7 nitrogen and oxygen atoms in total. The summed E-state index contributed by atoms with van der Waals surface area (Å²) in [6, 6.07) is 6.02. The number of morpholine rings is 1. The fourth-order valence-electron chi connectivity index (χ4n) is 2.53. The zero-order valence-electron chi connectivity index (χ0n) is 14.1. The van der Waals surface area contributed by atoms with Gasteiger partial charge in [0.25, 0.3) is 0 Å². The predicted octanol–water partition coefficient (Wildman–Crippen LogP) is 2.41. The molecule has 0 radical (unpaired) electrons. The van der Waals surface area contributed by atoms with E-state index >= 15 is 0 Å². The van der Waals surface area contributed by atoms with E-state index in [4.69, 9.17) is 27.9 Å². The summed E-state index contributed by atoms with van der Waals surface area (Å²) in [5.74, 6) is 1.17. The third-order valence-corrected chi connectivity index (χ3v) is 5.98. The number of halogens is 2. The summed E-state index contributed by atoms with van der Waals surface area (Å²) in [5, 5.41) is 0.471. The Kier molecular flexibility index (Phi) is 5.99. The van der Waals surface area contributed by atoms with Gasteiger partial charge in [-0.1, -0.05) is 23.2 Å². The van der Waals surface area contributed by atoms with Crippen LogP contribution in [-0.4, -0.2) is 44.7 Å². The Labute approximate surface area is 162 Å². The first kappa shape index (κ1) is 19.3. The maximum Gasteiger partial charge on any atom is 0.241 e. The smallest absolute Gasteiger partial charge is 0.241 e. The quantitative estimate of drug-likeness (QED) is 0.805. The first-order chi connectivity index (χ1) is 12.3. The van der Waals surface area contributed by atoms with Gasteiger partial charge in [-0.05, 0) is 25.1 Å². The lowest BCUT2D eigenvalue weighted by Crippen LogP contribution is -2.37. The molecular formula is C16H18Cl2N4O3S. The van der Waals surface area contributed by atoms with Gasteiger partial charge in [-0.25, -0.2) is 23.1 Å². The van der Waals surface area contributed by atoms with Gasteiger partial charge < -0.3 is 9.64 Å². The first-order valence-corrected chi connectivity index (χ1v) is 10.2. The van der Waals surface area contributed by atoms with Crippen molar-refractivity contribution in [1.82, 2.24) is 14.7 Å². The van der Waals surface area contributed by atoms with Crippen LogP contribution < -0.4 is 9.62 Å². The highest BCUT2D eigenvalue weighted by Crippen LogP contribution is 2.24. The lowest BCUT2D eigenvalue weighted by atomic mass is 10.3. The van der Waals surface area contributed by atoms with Gasteiger partial charge >= 0.3 is 0 Å². The summed E-state index contributed by atoms with van der Waals surface area (Å²) in [6.45, 7) is 4.59. The molecule has 1 aliphatic heterocycles. The summed E-state index contributed by atoms with van der Waals surface area (Å²) in [7, 11) is -3.75. The second-order valence-corrected chi connectivity index (χ2v) is 8.36. The van der Waals surface area contributed by atoms with Gasteiger partial charge in [-0.3, -0.25) is 0 Å². The number of hydrogen-bond donors (Lipinski definition) is 1. The van der Waals surface area contributed by atoms with Crippen LogP contribution in [0.3, 0.4) is 0 Å². The monoisotopic (exact) mass is 416 g/mol. The summed E-state index contributed by atoms with van der Waals surface area (Å²) < 4.78 is 32.7. The SMILES string of the molecule is Cc1cc(N2CCOCC2)nc(CNS(=O)(=O)c2ccc(Cl)c(Cl)c2)n1. The molecule has 2 aromatic rings. The normalized spacial score (nSPS) is 15.3. The molecule has 1 aliphatic rings. The van der Waals surface area contributed by atoms with Crippen LogP contribution in [0.1, 0.15) is 11.5 Å². The summed E-state index contributed by atoms with van der Waals surface area (Å²) in [6.07, 6.45) is 0. The molecule has 26 heavy (non-hydrogen) atoms. The Hall–Kier alpha value is -1.45. The minimum absolute atomic E-state index is 0.0262. The lowest BCUT2D eigenvalue weighted by molar-refractivity contribution is 0.122. The van der Waals surface area contributed by atoms with Crippen molar-refractivity contribution in [2.45, 2.75) is 18.4 Å². The average molecular weight is 417 g/mol. The van der Waals surface area contributed by atoms with E-state index in [1.807, 2.05) is 13.0 Å². The standard InChI is InChI=1S/C16H18Cl2N4O3S/c1-11-8-16(22-4-6-25-7-5-22)21-15(20-11)10-19-26(23,24)12-2-3-13(17)14(18)9-12/h2-3,8-9,19H,4-7,10H2,1H3. The van der Waals surface area contributed by atoms with Gasteiger partial charge in [-0.15, -0.1) is 0 Å². The molecule has 0 unspecified atom stereocenters. The van der Waals surface area contributed by atoms with Crippen molar-refractivity contribution in [2.24, 2.45) is 0 Å². The second kappa shape index (κ2) is 8.06.